The zero-order valence-electron chi connectivity index (χ0n) is 32.5. The van der Waals surface area contributed by atoms with Crippen LogP contribution in [0.25, 0.3) is 22.5 Å². The van der Waals surface area contributed by atoms with Crippen LogP contribution in [-0.2, 0) is 22.7 Å². The molecule has 4 heterocycles. The summed E-state index contributed by atoms with van der Waals surface area (Å²) >= 11 is 7.62. The van der Waals surface area contributed by atoms with Gasteiger partial charge >= 0.3 is 0 Å². The van der Waals surface area contributed by atoms with E-state index >= 15 is 0 Å². The number of amides is 2. The van der Waals surface area contributed by atoms with Gasteiger partial charge in [-0.05, 0) is 69.0 Å². The van der Waals surface area contributed by atoms with Crippen molar-refractivity contribution in [1.82, 2.24) is 28.9 Å². The van der Waals surface area contributed by atoms with E-state index in [1.807, 2.05) is 58.3 Å². The standard InChI is InChI=1S/C40H52Br2N8O4S2/c1-5-7-15-29-37-45-33(25-13-9-11-17-31(25)53-3)35(41)49(37)21-19-47(29)39(51)27(43)23-55-56-24-28(44)40(52)48-20-22-50-36(42)34(26-14-10-12-18-32(26)54-4)46-38(50)30(48)16-8-6-2/h9-14,17-18,27-30H,5-8,15-16,19-24,43-44H2,1-4H3. The molecular weight excluding hydrogens is 880 g/mol. The summed E-state index contributed by atoms with van der Waals surface area (Å²) < 4.78 is 17.4. The highest BCUT2D eigenvalue weighted by Gasteiger charge is 2.38. The summed E-state index contributed by atoms with van der Waals surface area (Å²) in [7, 11) is 6.28. The Morgan fingerprint density at radius 1 is 0.714 bits per heavy atom. The molecular formula is C40H52Br2N8O4S2. The second kappa shape index (κ2) is 19.6. The minimum absolute atomic E-state index is 0.0926. The van der Waals surface area contributed by atoms with Gasteiger partial charge in [0.05, 0.1) is 38.4 Å². The fourth-order valence-corrected chi connectivity index (χ4v) is 11.1. The third-order valence-corrected chi connectivity index (χ3v) is 14.6. The van der Waals surface area contributed by atoms with Gasteiger partial charge in [0.2, 0.25) is 11.8 Å². The summed E-state index contributed by atoms with van der Waals surface area (Å²) in [6.07, 6.45) is 5.48. The lowest BCUT2D eigenvalue weighted by Crippen LogP contribution is -2.50. The number of halogens is 2. The number of nitrogens with zero attached hydrogens (tertiary/aromatic N) is 6. The predicted octanol–water partition coefficient (Wildman–Crippen LogP) is 7.84. The zero-order valence-corrected chi connectivity index (χ0v) is 37.3. The number of hydrogen-bond donors (Lipinski definition) is 2. The smallest absolute Gasteiger partial charge is 0.241 e. The number of ether oxygens (including phenoxy) is 2. The maximum absolute atomic E-state index is 14.0. The van der Waals surface area contributed by atoms with E-state index in [0.29, 0.717) is 37.7 Å². The van der Waals surface area contributed by atoms with Crippen LogP contribution >= 0.6 is 53.4 Å². The lowest BCUT2D eigenvalue weighted by molar-refractivity contribution is -0.136. The number of nitrogens with two attached hydrogens (primary N) is 2. The Hall–Kier alpha value is -3.02. The van der Waals surface area contributed by atoms with Gasteiger partial charge in [-0.15, -0.1) is 0 Å². The van der Waals surface area contributed by atoms with Gasteiger partial charge < -0.3 is 39.9 Å². The number of hydrogen-bond acceptors (Lipinski definition) is 10. The molecule has 56 heavy (non-hydrogen) atoms. The number of imidazole rings is 2. The molecule has 2 aromatic carbocycles. The molecule has 12 nitrogen and oxygen atoms in total. The molecule has 4 unspecified atom stereocenters. The fourth-order valence-electron chi connectivity index (χ4n) is 7.57. The van der Waals surface area contributed by atoms with Crippen molar-refractivity contribution in [3.8, 4) is 34.0 Å². The van der Waals surface area contributed by atoms with Gasteiger partial charge in [0, 0.05) is 48.8 Å². The van der Waals surface area contributed by atoms with Crippen molar-refractivity contribution in [3.63, 3.8) is 0 Å². The molecule has 4 N–H and O–H groups in total. The molecule has 0 saturated carbocycles. The van der Waals surface area contributed by atoms with Crippen molar-refractivity contribution >= 4 is 65.3 Å². The van der Waals surface area contributed by atoms with Crippen molar-refractivity contribution in [2.45, 2.75) is 89.6 Å². The molecule has 2 aliphatic rings. The van der Waals surface area contributed by atoms with Crippen LogP contribution in [0.5, 0.6) is 11.5 Å². The van der Waals surface area contributed by atoms with Crippen molar-refractivity contribution in [3.05, 3.63) is 69.4 Å². The molecule has 4 atom stereocenters. The van der Waals surface area contributed by atoms with Crippen molar-refractivity contribution in [2.75, 3.05) is 38.8 Å². The fraction of sp³-hybridized carbons (Fsp3) is 0.500. The number of fused-ring (bicyclic) bond motifs is 2. The van der Waals surface area contributed by atoms with E-state index in [1.165, 1.54) is 21.6 Å². The lowest BCUT2D eigenvalue weighted by Gasteiger charge is -2.38. The Bertz CT molecular complexity index is 1850. The topological polar surface area (TPSA) is 147 Å². The number of unbranched alkanes of at least 4 members (excludes halogenated alkanes) is 2. The van der Waals surface area contributed by atoms with Gasteiger partial charge in [-0.2, -0.15) is 0 Å². The van der Waals surface area contributed by atoms with Gasteiger partial charge in [-0.3, -0.25) is 9.59 Å². The van der Waals surface area contributed by atoms with E-state index in [4.69, 9.17) is 30.9 Å². The molecule has 302 valence electrons. The van der Waals surface area contributed by atoms with E-state index in [0.717, 1.165) is 93.4 Å². The van der Waals surface area contributed by atoms with E-state index < -0.39 is 12.1 Å². The summed E-state index contributed by atoms with van der Waals surface area (Å²) in [5.41, 5.74) is 16.6. The summed E-state index contributed by atoms with van der Waals surface area (Å²) in [6, 6.07) is 13.8. The van der Waals surface area contributed by atoms with E-state index in [-0.39, 0.29) is 23.9 Å². The number of methoxy groups -OCH3 is 2. The van der Waals surface area contributed by atoms with Crippen LogP contribution in [0.1, 0.15) is 76.1 Å². The monoisotopic (exact) mass is 930 g/mol. The zero-order chi connectivity index (χ0) is 39.9. The average Bonchev–Trinajstić information content (AvgIpc) is 3.75. The Morgan fingerprint density at radius 2 is 1.11 bits per heavy atom. The third kappa shape index (κ3) is 8.85. The quantitative estimate of drug-likeness (QED) is 0.0794. The number of rotatable bonds is 17. The highest BCUT2D eigenvalue weighted by Crippen LogP contribution is 2.42. The minimum Gasteiger partial charge on any atom is -0.496 e. The number of carbonyl (C=O) groups is 2. The Kier molecular flexibility index (Phi) is 14.9. The van der Waals surface area contributed by atoms with Crippen LogP contribution in [-0.4, -0.2) is 91.6 Å². The molecule has 0 spiro atoms. The Labute approximate surface area is 354 Å². The van der Waals surface area contributed by atoms with Crippen LogP contribution < -0.4 is 20.9 Å². The number of para-hydroxylation sites is 2. The maximum atomic E-state index is 14.0. The minimum atomic E-state index is -0.711. The molecule has 4 aromatic rings. The SMILES string of the molecule is CCCCC1c2nc(-c3ccccc3OC)c(Br)n2CCN1C(=O)C(N)CSSCC(N)C(=O)N1CCn2c(nc(-c3ccccc3OC)c2Br)C1CCCC. The first kappa shape index (κ1) is 42.6. The summed E-state index contributed by atoms with van der Waals surface area (Å²) in [5, 5.41) is 0. The van der Waals surface area contributed by atoms with Gasteiger partial charge in [0.1, 0.15) is 43.7 Å². The molecule has 0 fully saturated rings. The molecule has 0 aliphatic carbocycles. The Morgan fingerprint density at radius 3 is 1.48 bits per heavy atom. The van der Waals surface area contributed by atoms with E-state index in [1.54, 1.807) is 14.2 Å². The van der Waals surface area contributed by atoms with Crippen LogP contribution in [0.3, 0.4) is 0 Å². The molecule has 16 heteroatoms. The number of benzene rings is 2. The first-order valence-electron chi connectivity index (χ1n) is 19.3. The Balaban J connectivity index is 1.08. The third-order valence-electron chi connectivity index (χ3n) is 10.5. The molecule has 0 radical (unpaired) electrons. The molecule has 2 aliphatic heterocycles. The highest BCUT2D eigenvalue weighted by atomic mass is 79.9. The van der Waals surface area contributed by atoms with Gasteiger partial charge in [-0.1, -0.05) is 85.4 Å². The van der Waals surface area contributed by atoms with Crippen molar-refractivity contribution in [1.29, 1.82) is 0 Å². The summed E-state index contributed by atoms with van der Waals surface area (Å²) in [6.45, 7) is 6.58. The normalized spacial score (nSPS) is 17.6. The second-order valence-corrected chi connectivity index (χ2v) is 18.1. The van der Waals surface area contributed by atoms with Gasteiger partial charge in [-0.25, -0.2) is 9.97 Å². The van der Waals surface area contributed by atoms with Crippen molar-refractivity contribution < 1.29 is 19.1 Å². The molecule has 2 aromatic heterocycles. The first-order valence-corrected chi connectivity index (χ1v) is 23.4. The summed E-state index contributed by atoms with van der Waals surface area (Å²) in [5.74, 6) is 3.79. The average molecular weight is 933 g/mol. The summed E-state index contributed by atoms with van der Waals surface area (Å²) in [4.78, 5) is 42.0. The van der Waals surface area contributed by atoms with Gasteiger partial charge in [0.15, 0.2) is 0 Å². The van der Waals surface area contributed by atoms with Crippen molar-refractivity contribution in [2.24, 2.45) is 11.5 Å². The molecule has 0 saturated heterocycles. The number of carbonyl (C=O) groups excluding carboxylic acids is 2. The predicted molar refractivity (Wildman–Crippen MR) is 233 cm³/mol. The molecule has 0 bridgehead atoms. The van der Waals surface area contributed by atoms with Crippen LogP contribution in [0.2, 0.25) is 0 Å². The van der Waals surface area contributed by atoms with E-state index in [2.05, 4.69) is 54.8 Å². The van der Waals surface area contributed by atoms with E-state index in [9.17, 15) is 9.59 Å². The van der Waals surface area contributed by atoms with Crippen LogP contribution in [0, 0.1) is 0 Å². The highest BCUT2D eigenvalue weighted by molar-refractivity contribution is 9.10. The largest absolute Gasteiger partial charge is 0.496 e. The second-order valence-electron chi connectivity index (χ2n) is 14.1. The molecule has 6 rings (SSSR count). The maximum Gasteiger partial charge on any atom is 0.241 e. The van der Waals surface area contributed by atoms with Gasteiger partial charge in [0.25, 0.3) is 0 Å². The van der Waals surface area contributed by atoms with Crippen LogP contribution in [0.15, 0.2) is 57.7 Å². The number of aromatic nitrogens is 4. The lowest BCUT2D eigenvalue weighted by atomic mass is 10.0. The van der Waals surface area contributed by atoms with Crippen LogP contribution in [0.4, 0.5) is 0 Å². The molecule has 2 amide bonds. The first-order chi connectivity index (χ1) is 27.1.